The smallest absolute Gasteiger partial charge is 0.123 e. The second-order valence-electron chi connectivity index (χ2n) is 3.65. The van der Waals surface area contributed by atoms with Gasteiger partial charge in [0.15, 0.2) is 0 Å². The summed E-state index contributed by atoms with van der Waals surface area (Å²) in [5, 5.41) is 9.37. The molecule has 78 valence electrons. The Morgan fingerprint density at radius 2 is 1.43 bits per heavy atom. The van der Waals surface area contributed by atoms with Crippen LogP contribution in [-0.2, 0) is 0 Å². The SMILES string of the molecule is CC(O)N(C)c1ccc(N(C)C)cc1. The number of anilines is 2. The highest BCUT2D eigenvalue weighted by Gasteiger charge is 2.05. The molecular weight excluding hydrogens is 176 g/mol. The molecule has 0 fully saturated rings. The standard InChI is InChI=1S/C11H18N2O/c1-9(14)13(4)11-7-5-10(6-8-11)12(2)3/h5-9,14H,1-4H3. The van der Waals surface area contributed by atoms with Crippen LogP contribution in [0, 0.1) is 0 Å². The van der Waals surface area contributed by atoms with Crippen molar-refractivity contribution in [3.05, 3.63) is 24.3 Å². The molecular formula is C11H18N2O. The minimum absolute atomic E-state index is 0.458. The zero-order valence-corrected chi connectivity index (χ0v) is 9.23. The van der Waals surface area contributed by atoms with Crippen molar-refractivity contribution < 1.29 is 5.11 Å². The van der Waals surface area contributed by atoms with E-state index in [-0.39, 0.29) is 0 Å². The number of hydrogen-bond donors (Lipinski definition) is 1. The van der Waals surface area contributed by atoms with Gasteiger partial charge in [-0.15, -0.1) is 0 Å². The molecule has 1 aromatic carbocycles. The Balaban J connectivity index is 2.83. The van der Waals surface area contributed by atoms with Crippen LogP contribution in [0.15, 0.2) is 24.3 Å². The monoisotopic (exact) mass is 194 g/mol. The van der Waals surface area contributed by atoms with Crippen molar-refractivity contribution in [1.29, 1.82) is 0 Å². The van der Waals surface area contributed by atoms with Crippen LogP contribution in [0.2, 0.25) is 0 Å². The molecule has 3 heteroatoms. The fourth-order valence-corrected chi connectivity index (χ4v) is 1.20. The number of hydrogen-bond acceptors (Lipinski definition) is 3. The van der Waals surface area contributed by atoms with Crippen LogP contribution in [0.25, 0.3) is 0 Å². The largest absolute Gasteiger partial charge is 0.378 e. The predicted molar refractivity (Wildman–Crippen MR) is 60.9 cm³/mol. The van der Waals surface area contributed by atoms with E-state index in [0.717, 1.165) is 11.4 Å². The minimum atomic E-state index is -0.458. The Kier molecular flexibility index (Phi) is 3.36. The van der Waals surface area contributed by atoms with E-state index >= 15 is 0 Å². The van der Waals surface area contributed by atoms with E-state index in [9.17, 15) is 5.11 Å². The van der Waals surface area contributed by atoms with Crippen molar-refractivity contribution in [2.24, 2.45) is 0 Å². The third-order valence-electron chi connectivity index (χ3n) is 2.33. The summed E-state index contributed by atoms with van der Waals surface area (Å²) in [6.45, 7) is 1.75. The maximum absolute atomic E-state index is 9.37. The minimum Gasteiger partial charge on any atom is -0.378 e. The molecule has 1 aromatic rings. The third-order valence-corrected chi connectivity index (χ3v) is 2.33. The molecule has 0 bridgehead atoms. The van der Waals surface area contributed by atoms with Crippen LogP contribution in [0.4, 0.5) is 11.4 Å². The Bertz CT molecular complexity index is 280. The van der Waals surface area contributed by atoms with E-state index in [2.05, 4.69) is 0 Å². The van der Waals surface area contributed by atoms with Gasteiger partial charge >= 0.3 is 0 Å². The molecule has 1 unspecified atom stereocenters. The van der Waals surface area contributed by atoms with Gasteiger partial charge in [-0.1, -0.05) is 0 Å². The summed E-state index contributed by atoms with van der Waals surface area (Å²) in [6.07, 6.45) is -0.458. The summed E-state index contributed by atoms with van der Waals surface area (Å²) >= 11 is 0. The summed E-state index contributed by atoms with van der Waals surface area (Å²) in [4.78, 5) is 3.87. The predicted octanol–water partition coefficient (Wildman–Crippen LogP) is 1.53. The van der Waals surface area contributed by atoms with Crippen LogP contribution < -0.4 is 9.80 Å². The number of benzene rings is 1. The normalized spacial score (nSPS) is 12.4. The molecule has 0 saturated carbocycles. The van der Waals surface area contributed by atoms with Crippen LogP contribution >= 0.6 is 0 Å². The molecule has 3 nitrogen and oxygen atoms in total. The first-order valence-electron chi connectivity index (χ1n) is 4.70. The van der Waals surface area contributed by atoms with Crippen molar-refractivity contribution >= 4 is 11.4 Å². The molecule has 0 aliphatic carbocycles. The van der Waals surface area contributed by atoms with Crippen LogP contribution in [0.5, 0.6) is 0 Å². The zero-order valence-electron chi connectivity index (χ0n) is 9.23. The van der Waals surface area contributed by atoms with E-state index in [4.69, 9.17) is 0 Å². The lowest BCUT2D eigenvalue weighted by Gasteiger charge is -2.23. The molecule has 0 aromatic heterocycles. The number of rotatable bonds is 3. The van der Waals surface area contributed by atoms with Gasteiger partial charge in [0.1, 0.15) is 6.23 Å². The van der Waals surface area contributed by atoms with Crippen LogP contribution in [0.3, 0.4) is 0 Å². The van der Waals surface area contributed by atoms with Gasteiger partial charge in [-0.05, 0) is 31.2 Å². The quantitative estimate of drug-likeness (QED) is 0.739. The van der Waals surface area contributed by atoms with E-state index in [1.807, 2.05) is 55.2 Å². The fraction of sp³-hybridized carbons (Fsp3) is 0.455. The highest BCUT2D eigenvalue weighted by Crippen LogP contribution is 2.19. The van der Waals surface area contributed by atoms with Crippen molar-refractivity contribution in [2.45, 2.75) is 13.2 Å². The maximum atomic E-state index is 9.37. The Labute approximate surface area is 85.6 Å². The van der Waals surface area contributed by atoms with E-state index in [0.29, 0.717) is 0 Å². The van der Waals surface area contributed by atoms with Gasteiger partial charge in [-0.3, -0.25) is 0 Å². The van der Waals surface area contributed by atoms with Gasteiger partial charge in [0, 0.05) is 32.5 Å². The lowest BCUT2D eigenvalue weighted by molar-refractivity contribution is 0.195. The van der Waals surface area contributed by atoms with Gasteiger partial charge in [0.2, 0.25) is 0 Å². The number of aliphatic hydroxyl groups is 1. The molecule has 1 rings (SSSR count). The van der Waals surface area contributed by atoms with Crippen molar-refractivity contribution in [3.8, 4) is 0 Å². The molecule has 1 atom stereocenters. The molecule has 14 heavy (non-hydrogen) atoms. The van der Waals surface area contributed by atoms with E-state index in [1.54, 1.807) is 6.92 Å². The second-order valence-corrected chi connectivity index (χ2v) is 3.65. The molecule has 0 aliphatic heterocycles. The first-order valence-corrected chi connectivity index (χ1v) is 4.70. The van der Waals surface area contributed by atoms with Crippen molar-refractivity contribution in [3.63, 3.8) is 0 Å². The number of nitrogens with zero attached hydrogens (tertiary/aromatic N) is 2. The molecule has 1 N–H and O–H groups in total. The molecule has 0 amide bonds. The van der Waals surface area contributed by atoms with Gasteiger partial charge in [0.05, 0.1) is 0 Å². The fourth-order valence-electron chi connectivity index (χ4n) is 1.20. The summed E-state index contributed by atoms with van der Waals surface area (Å²) in [5.74, 6) is 0. The lowest BCUT2D eigenvalue weighted by Crippen LogP contribution is -2.27. The molecule has 0 spiro atoms. The molecule has 0 heterocycles. The van der Waals surface area contributed by atoms with Gasteiger partial charge < -0.3 is 14.9 Å². The Morgan fingerprint density at radius 1 is 1.00 bits per heavy atom. The Hall–Kier alpha value is -1.22. The van der Waals surface area contributed by atoms with E-state index in [1.165, 1.54) is 0 Å². The topological polar surface area (TPSA) is 26.7 Å². The number of aliphatic hydroxyl groups excluding tert-OH is 1. The molecule has 0 aliphatic rings. The van der Waals surface area contributed by atoms with E-state index < -0.39 is 6.23 Å². The molecule has 0 radical (unpaired) electrons. The summed E-state index contributed by atoms with van der Waals surface area (Å²) in [6, 6.07) is 8.08. The van der Waals surface area contributed by atoms with Crippen LogP contribution in [-0.4, -0.2) is 32.5 Å². The third kappa shape index (κ3) is 2.39. The van der Waals surface area contributed by atoms with Gasteiger partial charge in [-0.25, -0.2) is 0 Å². The molecule has 0 saturated heterocycles. The van der Waals surface area contributed by atoms with Crippen molar-refractivity contribution in [2.75, 3.05) is 30.9 Å². The zero-order chi connectivity index (χ0) is 10.7. The van der Waals surface area contributed by atoms with Crippen molar-refractivity contribution in [1.82, 2.24) is 0 Å². The summed E-state index contributed by atoms with van der Waals surface area (Å²) in [5.41, 5.74) is 2.18. The first kappa shape index (κ1) is 10.9. The highest BCUT2D eigenvalue weighted by molar-refractivity contribution is 5.55. The average Bonchev–Trinajstić information content (AvgIpc) is 2.16. The highest BCUT2D eigenvalue weighted by atomic mass is 16.3. The summed E-state index contributed by atoms with van der Waals surface area (Å²) in [7, 11) is 5.89. The lowest BCUT2D eigenvalue weighted by atomic mass is 10.2. The van der Waals surface area contributed by atoms with Gasteiger partial charge in [-0.2, -0.15) is 0 Å². The second kappa shape index (κ2) is 4.33. The first-order chi connectivity index (χ1) is 6.52. The maximum Gasteiger partial charge on any atom is 0.123 e. The van der Waals surface area contributed by atoms with Crippen LogP contribution in [0.1, 0.15) is 6.92 Å². The van der Waals surface area contributed by atoms with Gasteiger partial charge in [0.25, 0.3) is 0 Å². The Morgan fingerprint density at radius 3 is 1.79 bits per heavy atom. The summed E-state index contributed by atoms with van der Waals surface area (Å²) < 4.78 is 0. The average molecular weight is 194 g/mol.